The molecule has 572 valence electrons. The molecule has 29 nitrogen and oxygen atoms in total. The third-order valence-corrected chi connectivity index (χ3v) is 20.6. The number of tetrazole rings is 3. The summed E-state index contributed by atoms with van der Waals surface area (Å²) in [6, 6.07) is 0. The van der Waals surface area contributed by atoms with Crippen LogP contribution < -0.4 is 5.14 Å². The average molecular weight is 1470 g/mol. The van der Waals surface area contributed by atoms with E-state index in [0.717, 1.165) is 114 Å². The lowest BCUT2D eigenvalue weighted by molar-refractivity contribution is -0.141. The first-order valence-corrected chi connectivity index (χ1v) is 42.1. The van der Waals surface area contributed by atoms with Gasteiger partial charge >= 0.3 is 23.9 Å². The summed E-state index contributed by atoms with van der Waals surface area (Å²) in [4.78, 5) is 66.0. The summed E-state index contributed by atoms with van der Waals surface area (Å²) in [7, 11) is -7.82. The fraction of sp³-hybridized carbons (Fsp3) is 0.866. The number of aryl methyl sites for hydroxylation is 3. The van der Waals surface area contributed by atoms with Gasteiger partial charge in [0, 0.05) is 57.8 Å². The Morgan fingerprint density at radius 2 is 0.545 bits per heavy atom. The fourth-order valence-electron chi connectivity index (χ4n) is 10.7. The van der Waals surface area contributed by atoms with Gasteiger partial charge in [-0.1, -0.05) is 228 Å². The minimum absolute atomic E-state index is 0.0630. The molecule has 0 aliphatic heterocycles. The van der Waals surface area contributed by atoms with E-state index in [1.807, 2.05) is 0 Å². The molecule has 0 aliphatic rings. The quantitative estimate of drug-likeness (QED) is 0.0226. The summed E-state index contributed by atoms with van der Waals surface area (Å²) in [6.07, 6.45) is 50.7. The summed E-state index contributed by atoms with van der Waals surface area (Å²) in [5.74, 6) is -1.99. The van der Waals surface area contributed by atoms with E-state index in [1.54, 1.807) is 0 Å². The van der Waals surface area contributed by atoms with Crippen LogP contribution in [0.4, 0.5) is 0 Å². The smallest absolute Gasteiger partial charge is 0.305 e. The van der Waals surface area contributed by atoms with Crippen molar-refractivity contribution >= 4 is 65.1 Å². The summed E-state index contributed by atoms with van der Waals surface area (Å²) >= 11 is 0. The highest BCUT2D eigenvalue weighted by Crippen LogP contribution is 2.18. The molecule has 0 saturated carbocycles. The Morgan fingerprint density at radius 1 is 0.323 bits per heavy atom. The topological polar surface area (TPSA) is 453 Å². The normalized spacial score (nSPS) is 11.4. The van der Waals surface area contributed by atoms with Gasteiger partial charge in [-0.15, -0.1) is 30.6 Å². The highest BCUT2D eigenvalue weighted by molar-refractivity contribution is 7.92. The molecule has 3 rings (SSSR count). The molecule has 0 unspecified atom stereocenters. The van der Waals surface area contributed by atoms with Crippen molar-refractivity contribution in [3.05, 3.63) is 17.5 Å². The number of nitrogens with two attached hydrogens (primary N) is 1. The van der Waals surface area contributed by atoms with Crippen molar-refractivity contribution < 1.29 is 73.7 Å². The lowest BCUT2D eigenvalue weighted by atomic mass is 10.0. The van der Waals surface area contributed by atoms with Gasteiger partial charge < -0.3 is 19.7 Å². The predicted octanol–water partition coefficient (Wildman–Crippen LogP) is 11.7. The van der Waals surface area contributed by atoms with Crippen LogP contribution in [0.5, 0.6) is 0 Å². The standard InChI is InChI=1S/C23H42N4O5S.C22H40N4O5S.C17H32N4O2.C5H11NO4S/c1-32-23(29)18-15-19-33(30,31)20-21(28)16-13-11-9-7-5-3-2-4-6-8-10-12-14-17-22-24-26-27-25-22;27-20(19-32(30,31)18-14-17-22(28)29)15-12-10-8-6-4-2-1-3-5-7-9-11-13-16-21-23-25-26-24-21;22-17(23)15-13-11-9-7-5-3-1-2-4-6-8-10-12-14-16-18-20-21-19-16;1-10-5(7)3-2-4-11(6,8)9/h2-20H2,1H3,(H,24,25,26,27);1-19H2,(H,28,29)(H,23,24,25,26);1-15H2,(H,22,23)(H,18,19,20,21);2-4H2,1H3,(H2,6,8,9). The highest BCUT2D eigenvalue weighted by atomic mass is 32.2. The monoisotopic (exact) mass is 1460 g/mol. The lowest BCUT2D eigenvalue weighted by Gasteiger charge is -2.05. The van der Waals surface area contributed by atoms with Crippen molar-refractivity contribution in [3.8, 4) is 0 Å². The SMILES string of the molecule is COC(=O)CCCS(=O)(=O)CC(=O)CCCCCCCCCCCCCCCc1nn[nH]n1.COC(=O)CCCS(N)(=O)=O.O=C(O)CCCCCCCCCCCCCCCc1nn[nH]n1.O=C(O)CCCS(=O)(=O)CC(=O)CCCCCCCCCCCCCCCc1nn[nH]n1. The predicted molar refractivity (Wildman–Crippen MR) is 380 cm³/mol. The molecular formula is C67H125N13O16S3. The van der Waals surface area contributed by atoms with E-state index in [2.05, 4.69) is 76.5 Å². The third-order valence-electron chi connectivity index (χ3n) is 16.4. The van der Waals surface area contributed by atoms with E-state index < -0.39 is 65.1 Å². The number of ether oxygens (including phenoxy) is 2. The third kappa shape index (κ3) is 69.1. The van der Waals surface area contributed by atoms with Gasteiger partial charge in [-0.05, 0) is 57.8 Å². The van der Waals surface area contributed by atoms with Gasteiger partial charge in [-0.2, -0.15) is 15.6 Å². The second kappa shape index (κ2) is 64.3. The number of primary sulfonamides is 1. The van der Waals surface area contributed by atoms with Crippen LogP contribution in [-0.2, 0) is 87.2 Å². The zero-order valence-corrected chi connectivity index (χ0v) is 62.5. The molecule has 3 heterocycles. The molecule has 0 aromatic carbocycles. The molecule has 3 aromatic heterocycles. The number of sulfone groups is 2. The maximum atomic E-state index is 11.9. The maximum absolute atomic E-state index is 11.9. The molecule has 0 fully saturated rings. The zero-order valence-electron chi connectivity index (χ0n) is 60.0. The minimum atomic E-state index is -3.48. The number of carboxylic acid groups (broad SMARTS) is 2. The fourth-order valence-corrected chi connectivity index (χ4v) is 14.0. The molecule has 0 saturated heterocycles. The summed E-state index contributed by atoms with van der Waals surface area (Å²) in [5, 5.41) is 63.6. The number of ketones is 2. The van der Waals surface area contributed by atoms with Crippen LogP contribution in [0.3, 0.4) is 0 Å². The van der Waals surface area contributed by atoms with Crippen LogP contribution >= 0.6 is 0 Å². The molecule has 99 heavy (non-hydrogen) atoms. The number of H-pyrrole nitrogens is 3. The first kappa shape index (κ1) is 93.2. The van der Waals surface area contributed by atoms with E-state index in [4.69, 9.17) is 10.2 Å². The van der Waals surface area contributed by atoms with Crippen molar-refractivity contribution in [3.63, 3.8) is 0 Å². The van der Waals surface area contributed by atoms with Crippen molar-refractivity contribution in [1.29, 1.82) is 0 Å². The van der Waals surface area contributed by atoms with Crippen LogP contribution in [0.15, 0.2) is 0 Å². The number of methoxy groups -OCH3 is 2. The molecule has 7 N–H and O–H groups in total. The molecule has 32 heteroatoms. The summed E-state index contributed by atoms with van der Waals surface area (Å²) in [5.41, 5.74) is 0. The van der Waals surface area contributed by atoms with Crippen LogP contribution in [0.1, 0.15) is 326 Å². The number of hydrogen-bond donors (Lipinski definition) is 6. The van der Waals surface area contributed by atoms with Gasteiger partial charge in [-0.3, -0.25) is 28.8 Å². The molecule has 0 amide bonds. The number of carbonyl (C=O) groups is 6. The largest absolute Gasteiger partial charge is 0.481 e. The van der Waals surface area contributed by atoms with Gasteiger partial charge in [-0.25, -0.2) is 30.4 Å². The zero-order chi connectivity index (χ0) is 73.2. The van der Waals surface area contributed by atoms with Gasteiger partial charge in [0.2, 0.25) is 10.0 Å². The van der Waals surface area contributed by atoms with Gasteiger partial charge in [0.05, 0.1) is 31.5 Å². The van der Waals surface area contributed by atoms with Crippen molar-refractivity contribution in [2.24, 2.45) is 5.14 Å². The number of rotatable bonds is 64. The molecule has 0 atom stereocenters. The van der Waals surface area contributed by atoms with Crippen LogP contribution in [0.2, 0.25) is 0 Å². The highest BCUT2D eigenvalue weighted by Gasteiger charge is 2.19. The first-order valence-electron chi connectivity index (χ1n) is 36.7. The maximum Gasteiger partial charge on any atom is 0.305 e. The number of aliphatic carboxylic acids is 2. The van der Waals surface area contributed by atoms with E-state index in [-0.39, 0.29) is 67.3 Å². The number of sulfonamides is 1. The van der Waals surface area contributed by atoms with E-state index in [1.165, 1.54) is 188 Å². The van der Waals surface area contributed by atoms with E-state index in [0.29, 0.717) is 19.3 Å². The number of nitrogens with one attached hydrogen (secondary N) is 3. The molecule has 0 radical (unpaired) electrons. The number of carbonyl (C=O) groups excluding carboxylic acids is 4. The summed E-state index contributed by atoms with van der Waals surface area (Å²) < 4.78 is 76.9. The molecule has 3 aromatic rings. The van der Waals surface area contributed by atoms with Crippen LogP contribution in [-0.4, -0.2) is 176 Å². The Kier molecular flexibility index (Phi) is 60.6. The second-order valence-electron chi connectivity index (χ2n) is 25.7. The van der Waals surface area contributed by atoms with Gasteiger partial charge in [0.15, 0.2) is 37.1 Å². The Balaban J connectivity index is 0.00000137. The van der Waals surface area contributed by atoms with Crippen LogP contribution in [0.25, 0.3) is 0 Å². The lowest BCUT2D eigenvalue weighted by Crippen LogP contribution is -2.19. The Hall–Kier alpha value is -5.76. The molecule has 0 bridgehead atoms. The number of Topliss-reactive ketones (excluding diaryl/α,β-unsaturated/α-hetero) is 2. The number of aromatic nitrogens is 12. The Labute approximate surface area is 590 Å². The van der Waals surface area contributed by atoms with Crippen molar-refractivity contribution in [2.75, 3.05) is 43.0 Å². The number of nitrogens with zero attached hydrogens (tertiary/aromatic N) is 9. The van der Waals surface area contributed by atoms with Crippen LogP contribution in [0, 0.1) is 0 Å². The van der Waals surface area contributed by atoms with Crippen molar-refractivity contribution in [1.82, 2.24) is 61.9 Å². The van der Waals surface area contributed by atoms with Crippen molar-refractivity contribution in [2.45, 2.75) is 327 Å². The minimum Gasteiger partial charge on any atom is -0.481 e. The Morgan fingerprint density at radius 3 is 0.778 bits per heavy atom. The molecule has 0 aliphatic carbocycles. The number of aromatic amines is 3. The first-order chi connectivity index (χ1) is 47.6. The molecule has 0 spiro atoms. The Bertz CT molecular complexity index is 2780. The van der Waals surface area contributed by atoms with E-state index >= 15 is 0 Å². The number of unbranched alkanes of at least 4 members (excludes halogenated alkanes) is 36. The molecular weight excluding hydrogens is 1340 g/mol. The van der Waals surface area contributed by atoms with E-state index in [9.17, 15) is 54.0 Å². The number of esters is 2. The number of carboxylic acids is 2. The number of hydrogen-bond acceptors (Lipinski definition) is 23. The summed E-state index contributed by atoms with van der Waals surface area (Å²) in [6.45, 7) is 0. The average Bonchev–Trinajstić information content (AvgIpc) is 1.98. The van der Waals surface area contributed by atoms with Gasteiger partial charge in [0.1, 0.15) is 23.1 Å². The van der Waals surface area contributed by atoms with Gasteiger partial charge in [0.25, 0.3) is 0 Å². The second-order valence-corrected chi connectivity index (χ2v) is 31.8.